The van der Waals surface area contributed by atoms with Gasteiger partial charge in [0, 0.05) is 0 Å². The van der Waals surface area contributed by atoms with Crippen LogP contribution < -0.4 is 4.52 Å². The summed E-state index contributed by atoms with van der Waals surface area (Å²) in [4.78, 5) is 9.76. The minimum atomic E-state index is -4.06. The summed E-state index contributed by atoms with van der Waals surface area (Å²) in [6.07, 6.45) is 4.39. The molecule has 0 saturated heterocycles. The number of para-hydroxylation sites is 1. The molecule has 21 heavy (non-hydrogen) atoms. The van der Waals surface area contributed by atoms with Crippen molar-refractivity contribution in [3.63, 3.8) is 0 Å². The maximum Gasteiger partial charge on any atom is 0.527 e. The predicted octanol–water partition coefficient (Wildman–Crippen LogP) is 4.17. The molecule has 4 nitrogen and oxygen atoms in total. The molecular weight excluding hydrogens is 287 g/mol. The Labute approximate surface area is 125 Å². The van der Waals surface area contributed by atoms with Gasteiger partial charge in [-0.1, -0.05) is 38.1 Å². The summed E-state index contributed by atoms with van der Waals surface area (Å²) in [7, 11) is -4.06. The summed E-state index contributed by atoms with van der Waals surface area (Å²) in [5.74, 6) is 1.58. The lowest BCUT2D eigenvalue weighted by Crippen LogP contribution is -2.47. The Morgan fingerprint density at radius 1 is 1.33 bits per heavy atom. The van der Waals surface area contributed by atoms with E-state index in [1.165, 1.54) is 6.42 Å². The Kier molecular flexibility index (Phi) is 3.73. The highest BCUT2D eigenvalue weighted by molar-refractivity contribution is 7.47. The standard InChI is InChI=1S/C16H21O4P/c1-16(2)13-8-12(9-14(16)10-13)11-19-21(17,18)20-15-6-4-3-5-7-15/h3-8,13-14H,9-11H2,1-2H3,(H,17,18)/t13-,14+/m0/s1. The molecule has 1 aromatic rings. The van der Waals surface area contributed by atoms with Crippen molar-refractivity contribution in [3.05, 3.63) is 42.0 Å². The summed E-state index contributed by atoms with van der Waals surface area (Å²) in [5.41, 5.74) is 1.48. The van der Waals surface area contributed by atoms with Crippen molar-refractivity contribution in [2.75, 3.05) is 6.61 Å². The molecule has 0 amide bonds. The Balaban J connectivity index is 1.57. The molecule has 3 atom stereocenters. The second-order valence-corrected chi connectivity index (χ2v) is 7.91. The van der Waals surface area contributed by atoms with E-state index < -0.39 is 7.82 Å². The highest BCUT2D eigenvalue weighted by Crippen LogP contribution is 2.58. The molecule has 0 aromatic heterocycles. The van der Waals surface area contributed by atoms with E-state index in [2.05, 4.69) is 19.9 Å². The van der Waals surface area contributed by atoms with E-state index >= 15 is 0 Å². The number of fused-ring (bicyclic) bond motifs is 1. The highest BCUT2D eigenvalue weighted by Gasteiger charge is 2.49. The summed E-state index contributed by atoms with van der Waals surface area (Å²) in [6, 6.07) is 8.56. The molecule has 4 rings (SSSR count). The Morgan fingerprint density at radius 3 is 2.62 bits per heavy atom. The van der Waals surface area contributed by atoms with Crippen LogP contribution >= 0.6 is 7.82 Å². The molecule has 0 radical (unpaired) electrons. The van der Waals surface area contributed by atoms with Gasteiger partial charge < -0.3 is 4.52 Å². The van der Waals surface area contributed by atoms with E-state index in [4.69, 9.17) is 9.05 Å². The fourth-order valence-electron chi connectivity index (χ4n) is 3.27. The minimum Gasteiger partial charge on any atom is -0.404 e. The SMILES string of the molecule is CC1(C)[C@@H]2CC(COP(=O)(O)Oc3ccccc3)=C[C@H]1C2. The third-order valence-corrected chi connectivity index (χ3v) is 5.77. The second kappa shape index (κ2) is 5.28. The monoisotopic (exact) mass is 308 g/mol. The minimum absolute atomic E-state index is 0.170. The number of hydrogen-bond donors (Lipinski definition) is 1. The van der Waals surface area contributed by atoms with Gasteiger partial charge in [-0.05, 0) is 47.8 Å². The molecule has 5 heteroatoms. The zero-order chi connectivity index (χ0) is 15.1. The summed E-state index contributed by atoms with van der Waals surface area (Å²) in [5, 5.41) is 0. The van der Waals surface area contributed by atoms with Gasteiger partial charge in [0.2, 0.25) is 0 Å². The first-order valence-electron chi connectivity index (χ1n) is 7.28. The fraction of sp³-hybridized carbons (Fsp3) is 0.500. The van der Waals surface area contributed by atoms with Crippen LogP contribution in [0.25, 0.3) is 0 Å². The third kappa shape index (κ3) is 3.08. The van der Waals surface area contributed by atoms with Crippen LogP contribution in [0, 0.1) is 17.3 Å². The number of phosphoric ester groups is 1. The first-order chi connectivity index (χ1) is 9.87. The first-order valence-corrected chi connectivity index (χ1v) is 8.78. The van der Waals surface area contributed by atoms with Gasteiger partial charge in [-0.25, -0.2) is 4.57 Å². The van der Waals surface area contributed by atoms with Gasteiger partial charge in [0.15, 0.2) is 0 Å². The molecule has 114 valence electrons. The zero-order valence-electron chi connectivity index (χ0n) is 12.4. The lowest BCUT2D eigenvalue weighted by atomic mass is 9.50. The lowest BCUT2D eigenvalue weighted by Gasteiger charge is -2.55. The van der Waals surface area contributed by atoms with E-state index in [1.54, 1.807) is 24.3 Å². The Morgan fingerprint density at radius 2 is 2.05 bits per heavy atom. The number of allylic oxidation sites excluding steroid dienone is 1. The Hall–Kier alpha value is -1.09. The van der Waals surface area contributed by atoms with Crippen molar-refractivity contribution in [3.8, 4) is 5.75 Å². The lowest BCUT2D eigenvalue weighted by molar-refractivity contribution is -0.00359. The number of rotatable bonds is 5. The van der Waals surface area contributed by atoms with Crippen LogP contribution in [-0.4, -0.2) is 11.5 Å². The average Bonchev–Trinajstić information content (AvgIpc) is 2.46. The molecule has 0 aliphatic heterocycles. The maximum atomic E-state index is 11.9. The van der Waals surface area contributed by atoms with Crippen LogP contribution in [0.2, 0.25) is 0 Å². The van der Waals surface area contributed by atoms with Crippen LogP contribution in [0.5, 0.6) is 5.75 Å². The van der Waals surface area contributed by atoms with Crippen molar-refractivity contribution in [2.24, 2.45) is 17.3 Å². The van der Waals surface area contributed by atoms with E-state index in [1.807, 2.05) is 6.07 Å². The van der Waals surface area contributed by atoms with E-state index in [9.17, 15) is 9.46 Å². The zero-order valence-corrected chi connectivity index (χ0v) is 13.3. The largest absolute Gasteiger partial charge is 0.527 e. The van der Waals surface area contributed by atoms with Gasteiger partial charge in [0.05, 0.1) is 6.61 Å². The van der Waals surface area contributed by atoms with Crippen LogP contribution in [-0.2, 0) is 9.09 Å². The summed E-state index contributed by atoms with van der Waals surface area (Å²) < 4.78 is 22.1. The van der Waals surface area contributed by atoms with Crippen LogP contribution in [0.3, 0.4) is 0 Å². The molecule has 1 saturated carbocycles. The van der Waals surface area contributed by atoms with Crippen LogP contribution in [0.4, 0.5) is 0 Å². The molecule has 0 spiro atoms. The normalized spacial score (nSPS) is 29.0. The molecule has 1 fully saturated rings. The molecule has 0 heterocycles. The van der Waals surface area contributed by atoms with Gasteiger partial charge in [0.25, 0.3) is 0 Å². The number of benzene rings is 1. The molecular formula is C16H21O4P. The van der Waals surface area contributed by atoms with E-state index in [-0.39, 0.29) is 6.61 Å². The summed E-state index contributed by atoms with van der Waals surface area (Å²) >= 11 is 0. The van der Waals surface area contributed by atoms with Crippen molar-refractivity contribution in [2.45, 2.75) is 26.7 Å². The van der Waals surface area contributed by atoms with Crippen molar-refractivity contribution in [1.82, 2.24) is 0 Å². The van der Waals surface area contributed by atoms with Crippen molar-refractivity contribution >= 4 is 7.82 Å². The van der Waals surface area contributed by atoms with Gasteiger partial charge in [0.1, 0.15) is 5.75 Å². The topological polar surface area (TPSA) is 55.8 Å². The quantitative estimate of drug-likeness (QED) is 0.655. The number of hydrogen-bond acceptors (Lipinski definition) is 3. The predicted molar refractivity (Wildman–Crippen MR) is 80.9 cm³/mol. The van der Waals surface area contributed by atoms with E-state index in [0.717, 1.165) is 12.0 Å². The summed E-state index contributed by atoms with van der Waals surface area (Å²) in [6.45, 7) is 4.74. The van der Waals surface area contributed by atoms with Crippen molar-refractivity contribution in [1.29, 1.82) is 0 Å². The molecule has 3 aliphatic carbocycles. The average molecular weight is 308 g/mol. The Bertz CT molecular complexity index is 594. The van der Waals surface area contributed by atoms with Gasteiger partial charge in [-0.2, -0.15) is 0 Å². The number of phosphoric acid groups is 1. The second-order valence-electron chi connectivity index (χ2n) is 6.54. The smallest absolute Gasteiger partial charge is 0.404 e. The van der Waals surface area contributed by atoms with Crippen LogP contribution in [0.1, 0.15) is 26.7 Å². The first kappa shape index (κ1) is 14.8. The molecule has 2 bridgehead atoms. The third-order valence-electron chi connectivity index (χ3n) is 4.87. The van der Waals surface area contributed by atoms with E-state index in [0.29, 0.717) is 23.0 Å². The van der Waals surface area contributed by atoms with Crippen LogP contribution in [0.15, 0.2) is 42.0 Å². The molecule has 1 aromatic carbocycles. The highest BCUT2D eigenvalue weighted by atomic mass is 31.2. The maximum absolute atomic E-state index is 11.9. The van der Waals surface area contributed by atoms with Crippen molar-refractivity contribution < 1.29 is 18.5 Å². The van der Waals surface area contributed by atoms with Gasteiger partial charge >= 0.3 is 7.82 Å². The molecule has 1 unspecified atom stereocenters. The molecule has 3 aliphatic rings. The molecule has 1 N–H and O–H groups in total. The fourth-order valence-corrected chi connectivity index (χ4v) is 4.04. The van der Waals surface area contributed by atoms with Gasteiger partial charge in [-0.15, -0.1) is 0 Å². The van der Waals surface area contributed by atoms with Gasteiger partial charge in [-0.3, -0.25) is 9.42 Å².